The minimum atomic E-state index is -0.0256. The van der Waals surface area contributed by atoms with E-state index in [0.717, 1.165) is 48.4 Å². The number of aryl methyl sites for hydroxylation is 1. The number of carbonyl (C=O) groups is 1. The molecule has 1 fully saturated rings. The molecule has 0 bridgehead atoms. The number of methoxy groups -OCH3 is 2. The summed E-state index contributed by atoms with van der Waals surface area (Å²) in [4.78, 5) is 20.4. The molecule has 6 nitrogen and oxygen atoms in total. The summed E-state index contributed by atoms with van der Waals surface area (Å²) in [6, 6.07) is 11.8. The van der Waals surface area contributed by atoms with Gasteiger partial charge in [-0.25, -0.2) is 4.98 Å². The van der Waals surface area contributed by atoms with Crippen LogP contribution < -0.4 is 9.47 Å². The molecule has 1 unspecified atom stereocenters. The average molecular weight is 393 g/mol. The van der Waals surface area contributed by atoms with E-state index in [2.05, 4.69) is 17.6 Å². The highest BCUT2D eigenvalue weighted by Crippen LogP contribution is 2.37. The summed E-state index contributed by atoms with van der Waals surface area (Å²) < 4.78 is 13.1. The molecule has 1 aromatic heterocycles. The van der Waals surface area contributed by atoms with Gasteiger partial charge in [0.25, 0.3) is 5.91 Å². The summed E-state index contributed by atoms with van der Waals surface area (Å²) in [5.41, 5.74) is 3.54. The van der Waals surface area contributed by atoms with E-state index in [0.29, 0.717) is 17.1 Å². The van der Waals surface area contributed by atoms with Crippen molar-refractivity contribution in [1.29, 1.82) is 0 Å². The second kappa shape index (κ2) is 7.78. The van der Waals surface area contributed by atoms with Gasteiger partial charge >= 0.3 is 0 Å². The Morgan fingerprint density at radius 3 is 2.69 bits per heavy atom. The molecular weight excluding hydrogens is 366 g/mol. The molecule has 0 radical (unpaired) electrons. The molecule has 2 heterocycles. The smallest absolute Gasteiger partial charge is 0.254 e. The van der Waals surface area contributed by atoms with Gasteiger partial charge in [0, 0.05) is 24.2 Å². The fourth-order valence-corrected chi connectivity index (χ4v) is 4.43. The molecule has 6 heteroatoms. The number of carbonyl (C=O) groups excluding carboxylic acids is 1. The maximum atomic E-state index is 13.5. The lowest BCUT2D eigenvalue weighted by Gasteiger charge is -2.26. The van der Waals surface area contributed by atoms with Gasteiger partial charge in [0.2, 0.25) is 0 Å². The fourth-order valence-electron chi connectivity index (χ4n) is 4.43. The van der Waals surface area contributed by atoms with Crippen LogP contribution in [-0.4, -0.2) is 41.1 Å². The van der Waals surface area contributed by atoms with Crippen LogP contribution in [0.15, 0.2) is 36.4 Å². The van der Waals surface area contributed by atoms with Gasteiger partial charge in [-0.3, -0.25) is 4.79 Å². The van der Waals surface area contributed by atoms with Crippen molar-refractivity contribution in [3.05, 3.63) is 53.3 Å². The lowest BCUT2D eigenvalue weighted by atomic mass is 10.0. The minimum absolute atomic E-state index is 0.0145. The molecule has 0 saturated carbocycles. The minimum Gasteiger partial charge on any atom is -0.493 e. The maximum absolute atomic E-state index is 13.5. The molecule has 4 rings (SSSR count). The molecular formula is C23H27N3O3. The van der Waals surface area contributed by atoms with Crippen LogP contribution in [0.5, 0.6) is 11.5 Å². The second-order valence-electron chi connectivity index (χ2n) is 7.33. The molecule has 152 valence electrons. The van der Waals surface area contributed by atoms with E-state index in [1.807, 2.05) is 36.1 Å². The van der Waals surface area contributed by atoms with Crippen LogP contribution >= 0.6 is 0 Å². The number of para-hydroxylation sites is 2. The van der Waals surface area contributed by atoms with Gasteiger partial charge in [0.05, 0.1) is 31.3 Å². The van der Waals surface area contributed by atoms with Crippen molar-refractivity contribution in [2.45, 2.75) is 39.3 Å². The number of imidazole rings is 1. The third-order valence-corrected chi connectivity index (χ3v) is 5.84. The average Bonchev–Trinajstić information content (AvgIpc) is 3.37. The molecule has 0 N–H and O–H groups in total. The Bertz CT molecular complexity index is 1060. The first-order valence-electron chi connectivity index (χ1n) is 10.1. The summed E-state index contributed by atoms with van der Waals surface area (Å²) in [5, 5.41) is 0. The summed E-state index contributed by atoms with van der Waals surface area (Å²) in [5.74, 6) is 2.22. The number of likely N-dealkylation sites (tertiary alicyclic amines) is 1. The maximum Gasteiger partial charge on any atom is 0.254 e. The van der Waals surface area contributed by atoms with Crippen LogP contribution in [0, 0.1) is 6.92 Å². The van der Waals surface area contributed by atoms with Gasteiger partial charge in [-0.15, -0.1) is 0 Å². The third-order valence-electron chi connectivity index (χ3n) is 5.84. The molecule has 1 aliphatic rings. The predicted molar refractivity (Wildman–Crippen MR) is 113 cm³/mol. The Balaban J connectivity index is 1.74. The SMILES string of the molecule is CCn1c(C2CCCN2C(=O)c2ccc(OC)c(OC)c2C)nc2ccccc21. The zero-order chi connectivity index (χ0) is 20.5. The van der Waals surface area contributed by atoms with Gasteiger partial charge in [-0.2, -0.15) is 0 Å². The number of benzene rings is 2. The molecule has 0 spiro atoms. The van der Waals surface area contributed by atoms with E-state index in [-0.39, 0.29) is 11.9 Å². The normalized spacial score (nSPS) is 16.4. The number of amides is 1. The largest absolute Gasteiger partial charge is 0.493 e. The number of aromatic nitrogens is 2. The third kappa shape index (κ3) is 3.12. The van der Waals surface area contributed by atoms with Gasteiger partial charge < -0.3 is 18.9 Å². The molecule has 0 aliphatic carbocycles. The van der Waals surface area contributed by atoms with Crippen molar-refractivity contribution in [3.8, 4) is 11.5 Å². The van der Waals surface area contributed by atoms with Crippen molar-refractivity contribution < 1.29 is 14.3 Å². The monoisotopic (exact) mass is 393 g/mol. The van der Waals surface area contributed by atoms with E-state index in [4.69, 9.17) is 14.5 Å². The first kappa shape index (κ1) is 19.3. The molecule has 1 atom stereocenters. The van der Waals surface area contributed by atoms with Crippen molar-refractivity contribution in [3.63, 3.8) is 0 Å². The van der Waals surface area contributed by atoms with Crippen LogP contribution in [-0.2, 0) is 6.54 Å². The first-order chi connectivity index (χ1) is 14.1. The molecule has 1 saturated heterocycles. The number of nitrogens with zero attached hydrogens (tertiary/aromatic N) is 3. The quantitative estimate of drug-likeness (QED) is 0.646. The van der Waals surface area contributed by atoms with Gasteiger partial charge in [-0.05, 0) is 51.0 Å². The molecule has 2 aromatic carbocycles. The zero-order valence-corrected chi connectivity index (χ0v) is 17.4. The van der Waals surface area contributed by atoms with Gasteiger partial charge in [0.15, 0.2) is 11.5 Å². The number of hydrogen-bond acceptors (Lipinski definition) is 4. The highest BCUT2D eigenvalue weighted by molar-refractivity contribution is 5.97. The molecule has 1 amide bonds. The number of ether oxygens (including phenoxy) is 2. The van der Waals surface area contributed by atoms with Crippen LogP contribution in [0.3, 0.4) is 0 Å². The summed E-state index contributed by atoms with van der Waals surface area (Å²) in [6.07, 6.45) is 1.89. The Morgan fingerprint density at radius 1 is 1.17 bits per heavy atom. The van der Waals surface area contributed by atoms with Crippen LogP contribution in [0.1, 0.15) is 47.6 Å². The number of hydrogen-bond donors (Lipinski definition) is 0. The number of fused-ring (bicyclic) bond motifs is 1. The van der Waals surface area contributed by atoms with Crippen molar-refractivity contribution in [1.82, 2.24) is 14.5 Å². The standard InChI is InChI=1S/C23H27N3O3/c1-5-25-18-10-7-6-9-17(18)24-22(25)19-11-8-14-26(19)23(27)16-12-13-20(28-3)21(29-4)15(16)2/h6-7,9-10,12-13,19H,5,8,11,14H2,1-4H3. The lowest BCUT2D eigenvalue weighted by Crippen LogP contribution is -2.32. The van der Waals surface area contributed by atoms with Gasteiger partial charge in [0.1, 0.15) is 5.82 Å². The fraction of sp³-hybridized carbons (Fsp3) is 0.391. The number of rotatable bonds is 5. The summed E-state index contributed by atoms with van der Waals surface area (Å²) >= 11 is 0. The second-order valence-corrected chi connectivity index (χ2v) is 7.33. The van der Waals surface area contributed by atoms with Crippen molar-refractivity contribution in [2.75, 3.05) is 20.8 Å². The van der Waals surface area contributed by atoms with Crippen LogP contribution in [0.4, 0.5) is 0 Å². The zero-order valence-electron chi connectivity index (χ0n) is 17.4. The van der Waals surface area contributed by atoms with E-state index in [1.165, 1.54) is 0 Å². The topological polar surface area (TPSA) is 56.6 Å². The lowest BCUT2D eigenvalue weighted by molar-refractivity contribution is 0.0726. The first-order valence-corrected chi connectivity index (χ1v) is 10.1. The van der Waals surface area contributed by atoms with Crippen molar-refractivity contribution in [2.24, 2.45) is 0 Å². The Kier molecular flexibility index (Phi) is 5.18. The van der Waals surface area contributed by atoms with E-state index in [9.17, 15) is 4.79 Å². The van der Waals surface area contributed by atoms with Gasteiger partial charge in [-0.1, -0.05) is 12.1 Å². The van der Waals surface area contributed by atoms with E-state index in [1.54, 1.807) is 20.3 Å². The van der Waals surface area contributed by atoms with Crippen LogP contribution in [0.2, 0.25) is 0 Å². The molecule has 3 aromatic rings. The summed E-state index contributed by atoms with van der Waals surface area (Å²) in [7, 11) is 3.20. The highest BCUT2D eigenvalue weighted by Gasteiger charge is 2.35. The molecule has 1 aliphatic heterocycles. The predicted octanol–water partition coefficient (Wildman–Crippen LogP) is 4.36. The highest BCUT2D eigenvalue weighted by atomic mass is 16.5. The summed E-state index contributed by atoms with van der Waals surface area (Å²) in [6.45, 7) is 5.58. The van der Waals surface area contributed by atoms with E-state index < -0.39 is 0 Å². The Morgan fingerprint density at radius 2 is 1.97 bits per heavy atom. The Hall–Kier alpha value is -3.02. The Labute approximate surface area is 171 Å². The van der Waals surface area contributed by atoms with Crippen molar-refractivity contribution >= 4 is 16.9 Å². The van der Waals surface area contributed by atoms with E-state index >= 15 is 0 Å². The molecule has 29 heavy (non-hydrogen) atoms. The van der Waals surface area contributed by atoms with Crippen LogP contribution in [0.25, 0.3) is 11.0 Å².